The highest BCUT2D eigenvalue weighted by molar-refractivity contribution is 5.92. The zero-order valence-electron chi connectivity index (χ0n) is 13.7. The molecule has 0 saturated heterocycles. The number of nitrogens with one attached hydrogen (secondary N) is 2. The first kappa shape index (κ1) is 15.9. The Morgan fingerprint density at radius 3 is 2.38 bits per heavy atom. The van der Waals surface area contributed by atoms with Crippen molar-refractivity contribution in [1.29, 1.82) is 0 Å². The maximum absolute atomic E-state index is 11.6. The van der Waals surface area contributed by atoms with Crippen LogP contribution < -0.4 is 10.6 Å². The van der Waals surface area contributed by atoms with E-state index < -0.39 is 0 Å². The molecule has 2 atom stereocenters. The maximum Gasteiger partial charge on any atom is 0.224 e. The summed E-state index contributed by atoms with van der Waals surface area (Å²) in [7, 11) is 0. The number of carbonyl (C=O) groups is 1. The predicted molar refractivity (Wildman–Crippen MR) is 89.7 cm³/mol. The lowest BCUT2D eigenvalue weighted by atomic mass is 9.80. The summed E-state index contributed by atoms with van der Waals surface area (Å²) in [4.78, 5) is 11.6. The third-order valence-corrected chi connectivity index (χ3v) is 4.47. The smallest absolute Gasteiger partial charge is 0.224 e. The molecule has 0 aromatic heterocycles. The molecule has 0 radical (unpaired) electrons. The Morgan fingerprint density at radius 2 is 1.76 bits per heavy atom. The van der Waals surface area contributed by atoms with Gasteiger partial charge in [0.1, 0.15) is 0 Å². The van der Waals surface area contributed by atoms with E-state index in [0.29, 0.717) is 12.5 Å². The minimum Gasteiger partial charge on any atom is -0.382 e. The van der Waals surface area contributed by atoms with Crippen molar-refractivity contribution in [3.63, 3.8) is 0 Å². The molecule has 1 aliphatic carbocycles. The fourth-order valence-electron chi connectivity index (χ4n) is 3.45. The van der Waals surface area contributed by atoms with Crippen LogP contribution in [0.5, 0.6) is 0 Å². The van der Waals surface area contributed by atoms with Gasteiger partial charge >= 0.3 is 0 Å². The number of hydrogen-bond acceptors (Lipinski definition) is 2. The summed E-state index contributed by atoms with van der Waals surface area (Å²) < 4.78 is 0. The standard InChI is InChI=1S/C18H28N2O/c1-5-18(21)20-17-8-6-7-16(14(17)4)19-15-10-12(2)9-13(3)11-15/h6-8,12-13,15,19H,5,9-11H2,1-4H3,(H,20,21). The highest BCUT2D eigenvalue weighted by Crippen LogP contribution is 2.32. The van der Waals surface area contributed by atoms with Gasteiger partial charge in [-0.05, 0) is 55.7 Å². The van der Waals surface area contributed by atoms with Gasteiger partial charge in [0.05, 0.1) is 0 Å². The van der Waals surface area contributed by atoms with Crippen LogP contribution in [0.2, 0.25) is 0 Å². The zero-order chi connectivity index (χ0) is 15.4. The van der Waals surface area contributed by atoms with Crippen molar-refractivity contribution in [3.8, 4) is 0 Å². The summed E-state index contributed by atoms with van der Waals surface area (Å²) >= 11 is 0. The van der Waals surface area contributed by atoms with Crippen molar-refractivity contribution in [2.75, 3.05) is 10.6 Å². The molecular weight excluding hydrogens is 260 g/mol. The molecular formula is C18H28N2O. The average Bonchev–Trinajstić information content (AvgIpc) is 2.42. The van der Waals surface area contributed by atoms with Crippen molar-refractivity contribution in [3.05, 3.63) is 23.8 Å². The molecule has 0 spiro atoms. The summed E-state index contributed by atoms with van der Waals surface area (Å²) in [6.07, 6.45) is 4.31. The third kappa shape index (κ3) is 4.23. The van der Waals surface area contributed by atoms with Crippen molar-refractivity contribution in [2.45, 2.75) is 59.4 Å². The van der Waals surface area contributed by atoms with Crippen LogP contribution in [-0.2, 0) is 4.79 Å². The first-order valence-electron chi connectivity index (χ1n) is 8.15. The van der Waals surface area contributed by atoms with Gasteiger partial charge in [0.15, 0.2) is 0 Å². The van der Waals surface area contributed by atoms with Gasteiger partial charge in [0.2, 0.25) is 5.91 Å². The van der Waals surface area contributed by atoms with Crippen LogP contribution in [0.1, 0.15) is 52.0 Å². The fraction of sp³-hybridized carbons (Fsp3) is 0.611. The van der Waals surface area contributed by atoms with Gasteiger partial charge < -0.3 is 10.6 Å². The minimum absolute atomic E-state index is 0.0650. The van der Waals surface area contributed by atoms with Gasteiger partial charge in [0, 0.05) is 23.8 Å². The van der Waals surface area contributed by atoms with E-state index in [4.69, 9.17) is 0 Å². The first-order valence-corrected chi connectivity index (χ1v) is 8.15. The molecule has 2 rings (SSSR count). The molecule has 2 unspecified atom stereocenters. The molecule has 2 N–H and O–H groups in total. The first-order chi connectivity index (χ1) is 9.99. The number of hydrogen-bond donors (Lipinski definition) is 2. The number of anilines is 2. The number of rotatable bonds is 4. The van der Waals surface area contributed by atoms with Crippen LogP contribution in [-0.4, -0.2) is 11.9 Å². The summed E-state index contributed by atoms with van der Waals surface area (Å²) in [5.41, 5.74) is 3.20. The van der Waals surface area contributed by atoms with Gasteiger partial charge in [0.25, 0.3) is 0 Å². The highest BCUT2D eigenvalue weighted by Gasteiger charge is 2.24. The van der Waals surface area contributed by atoms with Crippen LogP contribution >= 0.6 is 0 Å². The topological polar surface area (TPSA) is 41.1 Å². The zero-order valence-corrected chi connectivity index (χ0v) is 13.7. The Balaban J connectivity index is 2.09. The second kappa shape index (κ2) is 6.97. The highest BCUT2D eigenvalue weighted by atomic mass is 16.1. The molecule has 0 heterocycles. The van der Waals surface area contributed by atoms with E-state index in [1.54, 1.807) is 0 Å². The van der Waals surface area contributed by atoms with Gasteiger partial charge in [-0.15, -0.1) is 0 Å². The van der Waals surface area contributed by atoms with E-state index in [9.17, 15) is 4.79 Å². The summed E-state index contributed by atoms with van der Waals surface area (Å²) in [6, 6.07) is 6.64. The van der Waals surface area contributed by atoms with Crippen molar-refractivity contribution >= 4 is 17.3 Å². The van der Waals surface area contributed by atoms with Crippen LogP contribution in [0.3, 0.4) is 0 Å². The number of amides is 1. The van der Waals surface area contributed by atoms with E-state index in [-0.39, 0.29) is 5.91 Å². The van der Waals surface area contributed by atoms with Crippen LogP contribution in [0.15, 0.2) is 18.2 Å². The van der Waals surface area contributed by atoms with Gasteiger partial charge in [-0.1, -0.05) is 26.8 Å². The summed E-state index contributed by atoms with van der Waals surface area (Å²) in [6.45, 7) is 8.63. The van der Waals surface area contributed by atoms with Crippen molar-refractivity contribution < 1.29 is 4.79 Å². The lowest BCUT2D eigenvalue weighted by Crippen LogP contribution is -2.30. The van der Waals surface area contributed by atoms with E-state index in [0.717, 1.165) is 28.8 Å². The fourth-order valence-corrected chi connectivity index (χ4v) is 3.45. The quantitative estimate of drug-likeness (QED) is 0.851. The molecule has 0 aliphatic heterocycles. The molecule has 1 aromatic carbocycles. The minimum atomic E-state index is 0.0650. The van der Waals surface area contributed by atoms with E-state index in [1.165, 1.54) is 19.3 Å². The van der Waals surface area contributed by atoms with E-state index in [1.807, 2.05) is 19.1 Å². The molecule has 21 heavy (non-hydrogen) atoms. The predicted octanol–water partition coefficient (Wildman–Crippen LogP) is 4.58. The molecule has 116 valence electrons. The molecule has 1 amide bonds. The van der Waals surface area contributed by atoms with Crippen LogP contribution in [0.4, 0.5) is 11.4 Å². The average molecular weight is 288 g/mol. The monoisotopic (exact) mass is 288 g/mol. The normalized spacial score (nSPS) is 25.4. The number of carbonyl (C=O) groups excluding carboxylic acids is 1. The lowest BCUT2D eigenvalue weighted by Gasteiger charge is -2.33. The van der Waals surface area contributed by atoms with Crippen molar-refractivity contribution in [1.82, 2.24) is 0 Å². The Labute approximate surface area is 128 Å². The second-order valence-corrected chi connectivity index (χ2v) is 6.64. The molecule has 1 fully saturated rings. The molecule has 0 bridgehead atoms. The van der Waals surface area contributed by atoms with Gasteiger partial charge in [-0.2, -0.15) is 0 Å². The van der Waals surface area contributed by atoms with Crippen molar-refractivity contribution in [2.24, 2.45) is 11.8 Å². The Morgan fingerprint density at radius 1 is 1.14 bits per heavy atom. The molecule has 1 aliphatic rings. The van der Waals surface area contributed by atoms with Gasteiger partial charge in [-0.25, -0.2) is 0 Å². The molecule has 3 heteroatoms. The Hall–Kier alpha value is -1.51. The summed E-state index contributed by atoms with van der Waals surface area (Å²) in [5.74, 6) is 1.64. The van der Waals surface area contributed by atoms with Crippen LogP contribution in [0, 0.1) is 18.8 Å². The van der Waals surface area contributed by atoms with Crippen LogP contribution in [0.25, 0.3) is 0 Å². The van der Waals surface area contributed by atoms with E-state index >= 15 is 0 Å². The molecule has 1 saturated carbocycles. The maximum atomic E-state index is 11.6. The van der Waals surface area contributed by atoms with Gasteiger partial charge in [-0.3, -0.25) is 4.79 Å². The Kier molecular flexibility index (Phi) is 5.27. The van der Waals surface area contributed by atoms with E-state index in [2.05, 4.69) is 37.5 Å². The third-order valence-electron chi connectivity index (χ3n) is 4.47. The Bertz CT molecular complexity index is 488. The molecule has 3 nitrogen and oxygen atoms in total. The second-order valence-electron chi connectivity index (χ2n) is 6.64. The largest absolute Gasteiger partial charge is 0.382 e. The number of benzene rings is 1. The summed E-state index contributed by atoms with van der Waals surface area (Å²) in [5, 5.41) is 6.67. The SMILES string of the molecule is CCC(=O)Nc1cccc(NC2CC(C)CC(C)C2)c1C. The molecule has 1 aromatic rings. The lowest BCUT2D eigenvalue weighted by molar-refractivity contribution is -0.115.